The van der Waals surface area contributed by atoms with E-state index in [9.17, 15) is 0 Å². The molecule has 43 heavy (non-hydrogen) atoms. The van der Waals surface area contributed by atoms with Gasteiger partial charge in [-0.15, -0.1) is 0 Å². The van der Waals surface area contributed by atoms with Crippen LogP contribution >= 0.6 is 0 Å². The first-order valence-electron chi connectivity index (χ1n) is 15.8. The lowest BCUT2D eigenvalue weighted by atomic mass is 9.77. The van der Waals surface area contributed by atoms with E-state index in [-0.39, 0.29) is 33.9 Å². The summed E-state index contributed by atoms with van der Waals surface area (Å²) >= 11 is 0. The van der Waals surface area contributed by atoms with Gasteiger partial charge in [-0.3, -0.25) is 5.10 Å². The van der Waals surface area contributed by atoms with E-state index in [1.165, 1.54) is 22.3 Å². The number of aromatic amines is 1. The molecule has 2 fully saturated rings. The van der Waals surface area contributed by atoms with Crippen molar-refractivity contribution >= 4 is 0 Å². The van der Waals surface area contributed by atoms with Gasteiger partial charge in [0.05, 0.1) is 24.6 Å². The van der Waals surface area contributed by atoms with Crippen molar-refractivity contribution in [2.45, 2.75) is 117 Å². The van der Waals surface area contributed by atoms with Crippen LogP contribution in [0.4, 0.5) is 0 Å². The van der Waals surface area contributed by atoms with E-state index in [1.54, 1.807) is 0 Å². The molecule has 2 aromatic carbocycles. The molecule has 2 saturated heterocycles. The smallest absolute Gasteiger partial charge is 0.126 e. The molecule has 1 aromatic heterocycles. The van der Waals surface area contributed by atoms with Crippen LogP contribution in [0.25, 0.3) is 22.5 Å². The first-order valence-corrected chi connectivity index (χ1v) is 15.8. The van der Waals surface area contributed by atoms with Gasteiger partial charge in [0.25, 0.3) is 0 Å². The molecular formula is C37H52N2O4. The molecule has 1 N–H and O–H groups in total. The SMILES string of the molecule is CC(C)(C)c1cc(-c2cc(-c3cc(C(C)(C)C)c(OCC4CO4)c(C(C)(C)C)c3)[nH]n2)cc(C(C)(C)C)c1OCC1CO1. The van der Waals surface area contributed by atoms with Crippen molar-refractivity contribution < 1.29 is 18.9 Å². The molecular weight excluding hydrogens is 536 g/mol. The Balaban J connectivity index is 1.60. The van der Waals surface area contributed by atoms with E-state index in [0.29, 0.717) is 13.2 Å². The highest BCUT2D eigenvalue weighted by molar-refractivity contribution is 5.73. The average Bonchev–Trinajstić information content (AvgIpc) is 3.82. The van der Waals surface area contributed by atoms with Crippen LogP contribution in [0.15, 0.2) is 30.3 Å². The average molecular weight is 589 g/mol. The van der Waals surface area contributed by atoms with Crippen molar-refractivity contribution in [3.63, 3.8) is 0 Å². The number of hydrogen-bond donors (Lipinski definition) is 1. The van der Waals surface area contributed by atoms with Gasteiger partial charge in [0, 0.05) is 33.4 Å². The van der Waals surface area contributed by atoms with Gasteiger partial charge in [0.15, 0.2) is 0 Å². The summed E-state index contributed by atoms with van der Waals surface area (Å²) in [5, 5.41) is 8.24. The van der Waals surface area contributed by atoms with Gasteiger partial charge in [-0.25, -0.2) is 0 Å². The number of nitrogens with one attached hydrogen (secondary N) is 1. The summed E-state index contributed by atoms with van der Waals surface area (Å²) in [6.45, 7) is 29.7. The zero-order valence-electron chi connectivity index (χ0n) is 28.5. The highest BCUT2D eigenvalue weighted by atomic mass is 16.6. The number of benzene rings is 2. The third kappa shape index (κ3) is 7.29. The van der Waals surface area contributed by atoms with Crippen LogP contribution in [0.5, 0.6) is 11.5 Å². The second-order valence-electron chi connectivity index (χ2n) is 16.5. The fourth-order valence-corrected chi connectivity index (χ4v) is 5.40. The molecule has 2 aliphatic heterocycles. The van der Waals surface area contributed by atoms with Gasteiger partial charge in [0.1, 0.15) is 36.9 Å². The molecule has 0 radical (unpaired) electrons. The Kier molecular flexibility index (Phi) is 8.05. The molecule has 0 amide bonds. The van der Waals surface area contributed by atoms with E-state index < -0.39 is 0 Å². The second-order valence-corrected chi connectivity index (χ2v) is 16.5. The van der Waals surface area contributed by atoms with Crippen LogP contribution in [-0.4, -0.2) is 48.8 Å². The molecule has 6 nitrogen and oxygen atoms in total. The molecule has 5 rings (SSSR count). The van der Waals surface area contributed by atoms with Gasteiger partial charge >= 0.3 is 0 Å². The lowest BCUT2D eigenvalue weighted by molar-refractivity contribution is 0.253. The number of rotatable bonds is 8. The van der Waals surface area contributed by atoms with Crippen LogP contribution in [0.2, 0.25) is 0 Å². The largest absolute Gasteiger partial charge is 0.490 e. The molecule has 0 bridgehead atoms. The number of ether oxygens (including phenoxy) is 4. The zero-order valence-corrected chi connectivity index (χ0v) is 28.5. The molecule has 3 aromatic rings. The molecule has 6 heteroatoms. The number of aromatic nitrogens is 2. The first-order chi connectivity index (χ1) is 19.8. The standard InChI is InChI=1S/C37H52N2O4/c1-34(2,3)26-13-22(14-27(35(4,5)6)32(26)42-20-24-18-40-24)30-17-31(39-38-30)23-15-28(36(7,8)9)33(43-21-25-19-41-25)29(16-23)37(10,11)12/h13-17,24-25H,18-21H2,1-12H3,(H,38,39). The van der Waals surface area contributed by atoms with E-state index in [0.717, 1.165) is 47.2 Å². The van der Waals surface area contributed by atoms with Crippen molar-refractivity contribution in [3.8, 4) is 34.0 Å². The predicted octanol–water partition coefficient (Wildman–Crippen LogP) is 8.49. The molecule has 2 atom stereocenters. The lowest BCUT2D eigenvalue weighted by Crippen LogP contribution is -2.21. The van der Waals surface area contributed by atoms with Crippen molar-refractivity contribution in [1.82, 2.24) is 10.2 Å². The molecule has 0 aliphatic carbocycles. The maximum absolute atomic E-state index is 6.48. The van der Waals surface area contributed by atoms with Gasteiger partial charge in [0.2, 0.25) is 0 Å². The van der Waals surface area contributed by atoms with Crippen LogP contribution in [0, 0.1) is 0 Å². The summed E-state index contributed by atoms with van der Waals surface area (Å²) in [6.07, 6.45) is 0.398. The number of H-pyrrole nitrogens is 1. The number of nitrogens with zero attached hydrogens (tertiary/aromatic N) is 1. The van der Waals surface area contributed by atoms with Gasteiger partial charge in [-0.2, -0.15) is 5.10 Å². The van der Waals surface area contributed by atoms with Crippen LogP contribution in [-0.2, 0) is 31.1 Å². The topological polar surface area (TPSA) is 72.2 Å². The Hall–Kier alpha value is -2.83. The Morgan fingerprint density at radius 2 is 0.953 bits per heavy atom. The lowest BCUT2D eigenvalue weighted by Gasteiger charge is -2.30. The maximum Gasteiger partial charge on any atom is 0.126 e. The molecule has 2 aliphatic rings. The van der Waals surface area contributed by atoms with E-state index >= 15 is 0 Å². The summed E-state index contributed by atoms with van der Waals surface area (Å²) in [6, 6.07) is 11.2. The molecule has 2 unspecified atom stereocenters. The highest BCUT2D eigenvalue weighted by Gasteiger charge is 2.33. The summed E-state index contributed by atoms with van der Waals surface area (Å²) in [5.41, 5.74) is 8.43. The Morgan fingerprint density at radius 3 is 1.28 bits per heavy atom. The molecule has 0 saturated carbocycles. The van der Waals surface area contributed by atoms with Crippen molar-refractivity contribution in [2.24, 2.45) is 0 Å². The van der Waals surface area contributed by atoms with Crippen LogP contribution < -0.4 is 9.47 Å². The van der Waals surface area contributed by atoms with Crippen LogP contribution in [0.1, 0.15) is 105 Å². The highest BCUT2D eigenvalue weighted by Crippen LogP contribution is 2.45. The summed E-state index contributed by atoms with van der Waals surface area (Å²) in [7, 11) is 0. The van der Waals surface area contributed by atoms with Crippen molar-refractivity contribution in [1.29, 1.82) is 0 Å². The van der Waals surface area contributed by atoms with Crippen molar-refractivity contribution in [3.05, 3.63) is 52.6 Å². The maximum atomic E-state index is 6.48. The monoisotopic (exact) mass is 588 g/mol. The minimum absolute atomic E-state index is 0.108. The van der Waals surface area contributed by atoms with Gasteiger partial charge in [-0.05, 0) is 52.0 Å². The van der Waals surface area contributed by atoms with Crippen LogP contribution in [0.3, 0.4) is 0 Å². The van der Waals surface area contributed by atoms with Crippen molar-refractivity contribution in [2.75, 3.05) is 26.4 Å². The molecule has 0 spiro atoms. The molecule has 3 heterocycles. The first kappa shape index (κ1) is 31.6. The van der Waals surface area contributed by atoms with E-state index in [4.69, 9.17) is 24.0 Å². The minimum atomic E-state index is -0.112. The second kappa shape index (κ2) is 11.0. The molecule has 234 valence electrons. The Labute approximate surface area is 258 Å². The van der Waals surface area contributed by atoms with E-state index in [2.05, 4.69) is 119 Å². The summed E-state index contributed by atoms with van der Waals surface area (Å²) in [4.78, 5) is 0. The minimum Gasteiger partial charge on any atom is -0.490 e. The normalized spacial score (nSPS) is 19.0. The van der Waals surface area contributed by atoms with E-state index in [1.807, 2.05) is 0 Å². The zero-order chi connectivity index (χ0) is 31.5. The quantitative estimate of drug-likeness (QED) is 0.267. The Bertz CT molecular complexity index is 1290. The van der Waals surface area contributed by atoms with Gasteiger partial charge < -0.3 is 18.9 Å². The van der Waals surface area contributed by atoms with Gasteiger partial charge in [-0.1, -0.05) is 83.1 Å². The third-order valence-electron chi connectivity index (χ3n) is 8.23. The summed E-state index contributed by atoms with van der Waals surface area (Å²) in [5.74, 6) is 1.96. The third-order valence-corrected chi connectivity index (χ3v) is 8.23. The Morgan fingerprint density at radius 1 is 0.605 bits per heavy atom. The summed E-state index contributed by atoms with van der Waals surface area (Å²) < 4.78 is 23.9. The number of hydrogen-bond acceptors (Lipinski definition) is 5. The fourth-order valence-electron chi connectivity index (χ4n) is 5.40. The number of epoxide rings is 2. The fraction of sp³-hybridized carbons (Fsp3) is 0.595. The predicted molar refractivity (Wildman–Crippen MR) is 175 cm³/mol.